The lowest BCUT2D eigenvalue weighted by molar-refractivity contribution is 0.367. The van der Waals surface area contributed by atoms with Crippen molar-refractivity contribution in [1.82, 2.24) is 0 Å². The molecule has 5 heteroatoms. The molecular weight excluding hydrogens is 212 g/mol. The molecule has 2 N–H and O–H groups in total. The Kier molecular flexibility index (Phi) is 3.66. The molecule has 0 unspecified atom stereocenters. The highest BCUT2D eigenvalue weighted by atomic mass is 35.5. The van der Waals surface area contributed by atoms with E-state index in [1.807, 2.05) is 0 Å². The van der Waals surface area contributed by atoms with Crippen molar-refractivity contribution in [1.29, 1.82) is 0 Å². The lowest BCUT2D eigenvalue weighted by Crippen LogP contribution is -2.06. The van der Waals surface area contributed by atoms with Crippen LogP contribution < -0.4 is 10.5 Å². The minimum atomic E-state index is -1.09. The Labute approximate surface area is 85.6 Å². The van der Waals surface area contributed by atoms with Gasteiger partial charge in [0, 0.05) is 5.56 Å². The Balaban J connectivity index is 3.28. The van der Waals surface area contributed by atoms with Gasteiger partial charge in [-0.15, -0.1) is 0 Å². The molecule has 0 aliphatic heterocycles. The van der Waals surface area contributed by atoms with Gasteiger partial charge < -0.3 is 10.5 Å². The second kappa shape index (κ2) is 4.57. The molecule has 0 radical (unpaired) electrons. The highest BCUT2D eigenvalue weighted by molar-refractivity contribution is 6.30. The van der Waals surface area contributed by atoms with Crippen LogP contribution in [-0.2, 0) is 6.42 Å². The van der Waals surface area contributed by atoms with E-state index in [2.05, 4.69) is 0 Å². The summed E-state index contributed by atoms with van der Waals surface area (Å²) in [6.07, 6.45) is 0.389. The second-order valence-corrected chi connectivity index (χ2v) is 3.12. The normalized spacial score (nSPS) is 10.4. The molecule has 0 saturated carbocycles. The molecule has 2 nitrogen and oxygen atoms in total. The van der Waals surface area contributed by atoms with Gasteiger partial charge >= 0.3 is 0 Å². The fourth-order valence-corrected chi connectivity index (χ4v) is 1.40. The molecule has 0 fully saturated rings. The molecule has 78 valence electrons. The van der Waals surface area contributed by atoms with Crippen LogP contribution in [0.2, 0.25) is 5.02 Å². The number of rotatable bonds is 3. The summed E-state index contributed by atoms with van der Waals surface area (Å²) in [6.45, 7) is 0.317. The lowest BCUT2D eigenvalue weighted by Gasteiger charge is -2.10. The minimum Gasteiger partial charge on any atom is -0.493 e. The van der Waals surface area contributed by atoms with Gasteiger partial charge in [-0.3, -0.25) is 0 Å². The zero-order valence-electron chi connectivity index (χ0n) is 7.61. The predicted molar refractivity (Wildman–Crippen MR) is 50.7 cm³/mol. The van der Waals surface area contributed by atoms with Gasteiger partial charge in [-0.1, -0.05) is 11.6 Å². The van der Waals surface area contributed by atoms with Crippen LogP contribution in [0.15, 0.2) is 6.07 Å². The fourth-order valence-electron chi connectivity index (χ4n) is 1.19. The third-order valence-electron chi connectivity index (χ3n) is 1.81. The standard InChI is InChI=1S/C9H10ClF2NO/c1-14-9-5(2-3-13)4-6(10)7(11)8(9)12/h4H,2-3,13H2,1H3. The Hall–Kier alpha value is -0.870. The molecule has 0 bridgehead atoms. The summed E-state index contributed by atoms with van der Waals surface area (Å²) >= 11 is 5.47. The van der Waals surface area contributed by atoms with Crippen LogP contribution in [0.25, 0.3) is 0 Å². The maximum absolute atomic E-state index is 13.2. The molecule has 14 heavy (non-hydrogen) atoms. The zero-order valence-corrected chi connectivity index (χ0v) is 8.37. The van der Waals surface area contributed by atoms with Crippen LogP contribution in [0.4, 0.5) is 8.78 Å². The summed E-state index contributed by atoms with van der Waals surface area (Å²) in [4.78, 5) is 0. The highest BCUT2D eigenvalue weighted by Gasteiger charge is 2.17. The Bertz CT molecular complexity index is 344. The maximum Gasteiger partial charge on any atom is 0.202 e. The summed E-state index contributed by atoms with van der Waals surface area (Å²) in [5, 5.41) is -0.258. The SMILES string of the molecule is COc1c(CCN)cc(Cl)c(F)c1F. The van der Waals surface area contributed by atoms with E-state index in [4.69, 9.17) is 22.1 Å². The zero-order chi connectivity index (χ0) is 10.7. The molecule has 1 aromatic carbocycles. The van der Waals surface area contributed by atoms with Crippen molar-refractivity contribution in [2.45, 2.75) is 6.42 Å². The summed E-state index contributed by atoms with van der Waals surface area (Å²) in [5.74, 6) is -2.29. The summed E-state index contributed by atoms with van der Waals surface area (Å²) in [5.41, 5.74) is 5.78. The van der Waals surface area contributed by atoms with Gasteiger partial charge in [-0.25, -0.2) is 4.39 Å². The van der Waals surface area contributed by atoms with Crippen LogP contribution in [0, 0.1) is 11.6 Å². The van der Waals surface area contributed by atoms with E-state index in [0.717, 1.165) is 0 Å². The number of nitrogens with two attached hydrogens (primary N) is 1. The molecule has 0 aromatic heterocycles. The van der Waals surface area contributed by atoms with Gasteiger partial charge in [0.25, 0.3) is 0 Å². The average molecular weight is 222 g/mol. The van der Waals surface area contributed by atoms with E-state index >= 15 is 0 Å². The van der Waals surface area contributed by atoms with Crippen molar-refractivity contribution < 1.29 is 13.5 Å². The monoisotopic (exact) mass is 221 g/mol. The first-order valence-corrected chi connectivity index (χ1v) is 4.40. The quantitative estimate of drug-likeness (QED) is 0.794. The van der Waals surface area contributed by atoms with Crippen molar-refractivity contribution in [2.75, 3.05) is 13.7 Å². The van der Waals surface area contributed by atoms with E-state index in [0.29, 0.717) is 18.5 Å². The van der Waals surface area contributed by atoms with E-state index in [1.165, 1.54) is 13.2 Å². The predicted octanol–water partition coefficient (Wildman–Crippen LogP) is 2.13. The van der Waals surface area contributed by atoms with E-state index < -0.39 is 11.6 Å². The van der Waals surface area contributed by atoms with Crippen LogP contribution in [0.5, 0.6) is 5.75 Å². The molecule has 0 aliphatic rings. The van der Waals surface area contributed by atoms with Gasteiger partial charge in [0.2, 0.25) is 5.82 Å². The molecule has 1 rings (SSSR count). The minimum absolute atomic E-state index is 0.127. The third kappa shape index (κ3) is 1.96. The first kappa shape index (κ1) is 11.2. The van der Waals surface area contributed by atoms with Crippen molar-refractivity contribution in [3.63, 3.8) is 0 Å². The van der Waals surface area contributed by atoms with E-state index in [1.54, 1.807) is 0 Å². The largest absolute Gasteiger partial charge is 0.493 e. The molecule has 0 heterocycles. The van der Waals surface area contributed by atoms with Crippen molar-refractivity contribution >= 4 is 11.6 Å². The lowest BCUT2D eigenvalue weighted by atomic mass is 10.1. The molecular formula is C9H10ClF2NO. The topological polar surface area (TPSA) is 35.2 Å². The van der Waals surface area contributed by atoms with Crippen molar-refractivity contribution in [3.05, 3.63) is 28.3 Å². The molecule has 1 aromatic rings. The molecule has 0 atom stereocenters. The number of hydrogen-bond donors (Lipinski definition) is 1. The number of ether oxygens (including phenoxy) is 1. The molecule has 0 aliphatic carbocycles. The first-order chi connectivity index (χ1) is 6.61. The Morgan fingerprint density at radius 2 is 2.07 bits per heavy atom. The van der Waals surface area contributed by atoms with Gasteiger partial charge in [-0.05, 0) is 19.0 Å². The molecule has 0 amide bonds. The summed E-state index contributed by atoms with van der Waals surface area (Å²) in [6, 6.07) is 1.33. The Morgan fingerprint density at radius 1 is 1.43 bits per heavy atom. The first-order valence-electron chi connectivity index (χ1n) is 4.02. The van der Waals surface area contributed by atoms with Crippen molar-refractivity contribution in [3.8, 4) is 5.75 Å². The van der Waals surface area contributed by atoms with Crippen molar-refractivity contribution in [2.24, 2.45) is 5.73 Å². The fraction of sp³-hybridized carbons (Fsp3) is 0.333. The molecule has 0 spiro atoms. The van der Waals surface area contributed by atoms with Gasteiger partial charge in [-0.2, -0.15) is 4.39 Å². The molecule has 0 saturated heterocycles. The average Bonchev–Trinajstić information content (AvgIpc) is 2.16. The second-order valence-electron chi connectivity index (χ2n) is 2.72. The number of methoxy groups -OCH3 is 1. The smallest absolute Gasteiger partial charge is 0.202 e. The highest BCUT2D eigenvalue weighted by Crippen LogP contribution is 2.30. The van der Waals surface area contributed by atoms with Crippen LogP contribution in [-0.4, -0.2) is 13.7 Å². The third-order valence-corrected chi connectivity index (χ3v) is 2.09. The number of hydrogen-bond acceptors (Lipinski definition) is 2. The van der Waals surface area contributed by atoms with Crippen LogP contribution in [0.1, 0.15) is 5.56 Å². The van der Waals surface area contributed by atoms with Gasteiger partial charge in [0.15, 0.2) is 11.6 Å². The number of halogens is 3. The van der Waals surface area contributed by atoms with Gasteiger partial charge in [0.1, 0.15) is 0 Å². The van der Waals surface area contributed by atoms with Gasteiger partial charge in [0.05, 0.1) is 12.1 Å². The van der Waals surface area contributed by atoms with E-state index in [-0.39, 0.29) is 10.8 Å². The maximum atomic E-state index is 13.2. The van der Waals surface area contributed by atoms with Crippen LogP contribution >= 0.6 is 11.6 Å². The summed E-state index contributed by atoms with van der Waals surface area (Å²) in [7, 11) is 1.27. The number of benzene rings is 1. The van der Waals surface area contributed by atoms with Crippen LogP contribution in [0.3, 0.4) is 0 Å². The van der Waals surface area contributed by atoms with E-state index in [9.17, 15) is 8.78 Å². The summed E-state index contributed by atoms with van der Waals surface area (Å²) < 4.78 is 30.9. The Morgan fingerprint density at radius 3 is 2.57 bits per heavy atom.